The summed E-state index contributed by atoms with van der Waals surface area (Å²) in [6.45, 7) is 7.48. The third-order valence-electron chi connectivity index (χ3n) is 6.89. The molecule has 1 aliphatic rings. The highest BCUT2D eigenvalue weighted by Gasteiger charge is 2.26. The van der Waals surface area contributed by atoms with Gasteiger partial charge in [0.1, 0.15) is 17.2 Å². The molecule has 1 atom stereocenters. The van der Waals surface area contributed by atoms with Gasteiger partial charge in [0.25, 0.3) is 5.91 Å². The highest BCUT2D eigenvalue weighted by molar-refractivity contribution is 6.06. The van der Waals surface area contributed by atoms with Crippen LogP contribution >= 0.6 is 0 Å². The molecule has 0 radical (unpaired) electrons. The molecule has 1 aliphatic carbocycles. The minimum absolute atomic E-state index is 0.146. The van der Waals surface area contributed by atoms with Crippen LogP contribution in [0.3, 0.4) is 0 Å². The molecule has 0 saturated heterocycles. The molecule has 2 N–H and O–H groups in total. The topological polar surface area (TPSA) is 84.9 Å². The molecule has 1 amide bonds. The van der Waals surface area contributed by atoms with Gasteiger partial charge >= 0.3 is 5.97 Å². The number of benzene rings is 3. The van der Waals surface area contributed by atoms with E-state index in [-0.39, 0.29) is 23.5 Å². The second-order valence-electron chi connectivity index (χ2n) is 10.6. The second kappa shape index (κ2) is 10.7. The molecule has 0 aromatic heterocycles. The zero-order valence-electron chi connectivity index (χ0n) is 22.2. The van der Waals surface area contributed by atoms with Crippen molar-refractivity contribution in [2.24, 2.45) is 5.41 Å². The predicted octanol–water partition coefficient (Wildman–Crippen LogP) is 6.44. The first-order valence-corrected chi connectivity index (χ1v) is 12.7. The number of carbonyl (C=O) groups is 2. The highest BCUT2D eigenvalue weighted by atomic mass is 16.5. The van der Waals surface area contributed by atoms with Gasteiger partial charge in [0, 0.05) is 17.3 Å². The smallest absolute Gasteiger partial charge is 0.316 e. The maximum Gasteiger partial charge on any atom is 0.316 e. The van der Waals surface area contributed by atoms with Gasteiger partial charge in [0.2, 0.25) is 0 Å². The third-order valence-corrected chi connectivity index (χ3v) is 6.89. The van der Waals surface area contributed by atoms with Crippen LogP contribution in [0.2, 0.25) is 0 Å². The van der Waals surface area contributed by atoms with Crippen LogP contribution in [-0.4, -0.2) is 24.1 Å². The summed E-state index contributed by atoms with van der Waals surface area (Å²) in [4.78, 5) is 25.6. The fourth-order valence-corrected chi connectivity index (χ4v) is 4.73. The molecule has 37 heavy (non-hydrogen) atoms. The number of ether oxygens (including phenoxy) is 2. The van der Waals surface area contributed by atoms with Gasteiger partial charge in [-0.1, -0.05) is 19.1 Å². The van der Waals surface area contributed by atoms with E-state index in [0.717, 1.165) is 36.1 Å². The maximum atomic E-state index is 13.3. The molecule has 0 saturated carbocycles. The fraction of sp³-hybridized carbons (Fsp3) is 0.355. The van der Waals surface area contributed by atoms with Gasteiger partial charge in [0.15, 0.2) is 0 Å². The molecule has 0 bridgehead atoms. The number of phenolic OH excluding ortho intramolecular Hbond substituents is 1. The van der Waals surface area contributed by atoms with Crippen molar-refractivity contribution in [1.82, 2.24) is 0 Å². The van der Waals surface area contributed by atoms with Gasteiger partial charge in [-0.3, -0.25) is 9.59 Å². The van der Waals surface area contributed by atoms with E-state index in [1.165, 1.54) is 17.2 Å². The Kier molecular flexibility index (Phi) is 7.58. The van der Waals surface area contributed by atoms with Crippen LogP contribution in [0, 0.1) is 5.41 Å². The first kappa shape index (κ1) is 26.3. The van der Waals surface area contributed by atoms with Crippen molar-refractivity contribution in [2.75, 3.05) is 12.4 Å². The van der Waals surface area contributed by atoms with Gasteiger partial charge in [-0.25, -0.2) is 0 Å². The summed E-state index contributed by atoms with van der Waals surface area (Å²) in [6, 6.07) is 16.5. The molecule has 0 fully saturated rings. The standard InChI is InChI=1S/C31H35NO5/c1-6-19-16-23(33)10-13-27(19)29(34)32-28-18-24(36-5)12-14-26(28)22-8-7-21-17-25(11-9-20(21)15-22)37-30(35)31(2,3)4/h9-14,16-18,22,33H,6-8,15H2,1-5H3,(H,32,34)/t22-/m0/s1. The number of hydrogen-bond donors (Lipinski definition) is 2. The lowest BCUT2D eigenvalue weighted by atomic mass is 9.79. The second-order valence-corrected chi connectivity index (χ2v) is 10.6. The number of esters is 1. The van der Waals surface area contributed by atoms with E-state index in [1.54, 1.807) is 19.2 Å². The lowest BCUT2D eigenvalue weighted by Crippen LogP contribution is -2.25. The molecular weight excluding hydrogens is 466 g/mol. The third kappa shape index (κ3) is 5.96. The molecule has 4 rings (SSSR count). The van der Waals surface area contributed by atoms with Crippen molar-refractivity contribution in [3.05, 3.63) is 82.4 Å². The summed E-state index contributed by atoms with van der Waals surface area (Å²) in [5.74, 6) is 1.14. The molecule has 0 aliphatic heterocycles. The summed E-state index contributed by atoms with van der Waals surface area (Å²) in [7, 11) is 1.61. The SMILES string of the molecule is CCc1cc(O)ccc1C(=O)Nc1cc(OC)ccc1[C@H]1CCc2cc(OC(=O)C(C)(C)C)ccc2C1. The molecule has 0 unspecified atom stereocenters. The van der Waals surface area contributed by atoms with E-state index in [9.17, 15) is 14.7 Å². The van der Waals surface area contributed by atoms with Crippen molar-refractivity contribution in [1.29, 1.82) is 0 Å². The first-order valence-electron chi connectivity index (χ1n) is 12.7. The largest absolute Gasteiger partial charge is 0.508 e. The average Bonchev–Trinajstić information content (AvgIpc) is 2.87. The minimum Gasteiger partial charge on any atom is -0.508 e. The van der Waals surface area contributed by atoms with E-state index in [0.29, 0.717) is 23.5 Å². The molecule has 194 valence electrons. The number of fused-ring (bicyclic) bond motifs is 1. The fourth-order valence-electron chi connectivity index (χ4n) is 4.73. The number of carbonyl (C=O) groups excluding carboxylic acids is 2. The lowest BCUT2D eigenvalue weighted by Gasteiger charge is -2.27. The molecule has 0 heterocycles. The van der Waals surface area contributed by atoms with Gasteiger partial charge in [-0.05, 0) is 111 Å². The Morgan fingerprint density at radius 2 is 1.76 bits per heavy atom. The molecular formula is C31H35NO5. The Hall–Kier alpha value is -3.80. The monoisotopic (exact) mass is 501 g/mol. The highest BCUT2D eigenvalue weighted by Crippen LogP contribution is 2.39. The number of nitrogens with one attached hydrogen (secondary N) is 1. The predicted molar refractivity (Wildman–Crippen MR) is 145 cm³/mol. The number of anilines is 1. The van der Waals surface area contributed by atoms with Crippen molar-refractivity contribution < 1.29 is 24.2 Å². The molecule has 6 heteroatoms. The summed E-state index contributed by atoms with van der Waals surface area (Å²) in [5, 5.41) is 12.9. The van der Waals surface area contributed by atoms with E-state index in [1.807, 2.05) is 64.1 Å². The molecule has 0 spiro atoms. The van der Waals surface area contributed by atoms with Crippen molar-refractivity contribution in [3.63, 3.8) is 0 Å². The lowest BCUT2D eigenvalue weighted by molar-refractivity contribution is -0.143. The van der Waals surface area contributed by atoms with Gasteiger partial charge in [-0.2, -0.15) is 0 Å². The van der Waals surface area contributed by atoms with Crippen LogP contribution < -0.4 is 14.8 Å². The minimum atomic E-state index is -0.561. The zero-order valence-corrected chi connectivity index (χ0v) is 22.2. The van der Waals surface area contributed by atoms with E-state index in [2.05, 4.69) is 5.32 Å². The Bertz CT molecular complexity index is 1320. The van der Waals surface area contributed by atoms with Crippen LogP contribution in [-0.2, 0) is 24.1 Å². The number of hydrogen-bond acceptors (Lipinski definition) is 5. The molecule has 3 aromatic rings. The number of amides is 1. The van der Waals surface area contributed by atoms with Crippen LogP contribution in [0.25, 0.3) is 0 Å². The Morgan fingerprint density at radius 1 is 1.00 bits per heavy atom. The quantitative estimate of drug-likeness (QED) is 0.300. The van der Waals surface area contributed by atoms with Crippen molar-refractivity contribution in [2.45, 2.75) is 59.3 Å². The number of rotatable bonds is 6. The summed E-state index contributed by atoms with van der Waals surface area (Å²) in [6.07, 6.45) is 3.20. The van der Waals surface area contributed by atoms with E-state index >= 15 is 0 Å². The van der Waals surface area contributed by atoms with Crippen LogP contribution in [0.5, 0.6) is 17.2 Å². The summed E-state index contributed by atoms with van der Waals surface area (Å²) in [5.41, 5.74) is 4.95. The van der Waals surface area contributed by atoms with Gasteiger partial charge in [0.05, 0.1) is 12.5 Å². The van der Waals surface area contributed by atoms with Gasteiger partial charge < -0.3 is 19.9 Å². The molecule has 3 aromatic carbocycles. The molecule has 6 nitrogen and oxygen atoms in total. The van der Waals surface area contributed by atoms with Gasteiger partial charge in [-0.15, -0.1) is 0 Å². The maximum absolute atomic E-state index is 13.3. The van der Waals surface area contributed by atoms with E-state index in [4.69, 9.17) is 9.47 Å². The average molecular weight is 502 g/mol. The summed E-state index contributed by atoms with van der Waals surface area (Å²) >= 11 is 0. The Balaban J connectivity index is 1.58. The first-order chi connectivity index (χ1) is 17.6. The van der Waals surface area contributed by atoms with Crippen molar-refractivity contribution >= 4 is 17.6 Å². The normalized spacial score (nSPS) is 15.0. The number of aromatic hydroxyl groups is 1. The van der Waals surface area contributed by atoms with Crippen molar-refractivity contribution in [3.8, 4) is 17.2 Å². The van der Waals surface area contributed by atoms with Crippen LogP contribution in [0.1, 0.15) is 72.6 Å². The van der Waals surface area contributed by atoms with E-state index < -0.39 is 5.41 Å². The zero-order chi connectivity index (χ0) is 26.7. The van der Waals surface area contributed by atoms with Crippen LogP contribution in [0.4, 0.5) is 5.69 Å². The Labute approximate surface area is 218 Å². The van der Waals surface area contributed by atoms with Crippen LogP contribution in [0.15, 0.2) is 54.6 Å². The Morgan fingerprint density at radius 3 is 2.46 bits per heavy atom. The number of aryl methyl sites for hydroxylation is 2. The number of phenols is 1. The summed E-state index contributed by atoms with van der Waals surface area (Å²) < 4.78 is 11.0. The number of methoxy groups -OCH3 is 1.